The van der Waals surface area contributed by atoms with Crippen molar-refractivity contribution in [1.29, 1.82) is 5.26 Å². The molecule has 0 amide bonds. The van der Waals surface area contributed by atoms with Gasteiger partial charge in [-0.05, 0) is 36.7 Å². The summed E-state index contributed by atoms with van der Waals surface area (Å²) in [5.41, 5.74) is 2.78. The first kappa shape index (κ1) is 14.8. The highest BCUT2D eigenvalue weighted by atomic mass is 15.3. The minimum absolute atomic E-state index is 0.680. The summed E-state index contributed by atoms with van der Waals surface area (Å²) in [7, 11) is 0. The zero-order chi connectivity index (χ0) is 14.7. The van der Waals surface area contributed by atoms with Gasteiger partial charge in [-0.15, -0.1) is 5.10 Å². The Labute approximate surface area is 121 Å². The van der Waals surface area contributed by atoms with Crippen LogP contribution in [0.5, 0.6) is 0 Å². The average molecular weight is 272 g/mol. The van der Waals surface area contributed by atoms with Crippen LogP contribution in [-0.2, 0) is 12.8 Å². The van der Waals surface area contributed by atoms with Crippen LogP contribution in [0.2, 0.25) is 0 Å². The Bertz CT molecular complexity index is 516. The van der Waals surface area contributed by atoms with E-state index in [1.807, 2.05) is 0 Å². The molecule has 0 saturated carbocycles. The number of hydrogen-bond donors (Lipinski definition) is 0. The molecule has 1 unspecified atom stereocenters. The van der Waals surface area contributed by atoms with Crippen LogP contribution < -0.4 is 4.90 Å². The van der Waals surface area contributed by atoms with Crippen molar-refractivity contribution in [2.45, 2.75) is 47.0 Å². The minimum atomic E-state index is 0.680. The SMILES string of the molecule is CCc1nnc(N2CCC(C(C)C)C2)c(C#N)c1CC. The summed E-state index contributed by atoms with van der Waals surface area (Å²) in [6.45, 7) is 10.7. The van der Waals surface area contributed by atoms with E-state index in [1.54, 1.807) is 0 Å². The van der Waals surface area contributed by atoms with E-state index in [0.29, 0.717) is 11.8 Å². The zero-order valence-electron chi connectivity index (χ0n) is 13.0. The van der Waals surface area contributed by atoms with E-state index in [9.17, 15) is 5.26 Å². The monoisotopic (exact) mass is 272 g/mol. The molecule has 1 fully saturated rings. The predicted octanol–water partition coefficient (Wildman–Crippen LogP) is 2.96. The van der Waals surface area contributed by atoms with Gasteiger partial charge in [-0.2, -0.15) is 10.4 Å². The fraction of sp³-hybridized carbons (Fsp3) is 0.688. The Balaban J connectivity index is 2.36. The predicted molar refractivity (Wildman–Crippen MR) is 80.7 cm³/mol. The first-order valence-electron chi connectivity index (χ1n) is 7.65. The van der Waals surface area contributed by atoms with Gasteiger partial charge in [0, 0.05) is 13.1 Å². The molecular formula is C16H24N4. The molecule has 1 aromatic rings. The Morgan fingerprint density at radius 1 is 1.30 bits per heavy atom. The molecule has 4 nitrogen and oxygen atoms in total. The van der Waals surface area contributed by atoms with Gasteiger partial charge in [-0.3, -0.25) is 0 Å². The van der Waals surface area contributed by atoms with E-state index < -0.39 is 0 Å². The topological polar surface area (TPSA) is 52.8 Å². The van der Waals surface area contributed by atoms with Gasteiger partial charge in [-0.25, -0.2) is 0 Å². The summed E-state index contributed by atoms with van der Waals surface area (Å²) < 4.78 is 0. The number of rotatable bonds is 4. The van der Waals surface area contributed by atoms with E-state index in [4.69, 9.17) is 0 Å². The second-order valence-corrected chi connectivity index (χ2v) is 5.88. The summed E-state index contributed by atoms with van der Waals surface area (Å²) >= 11 is 0. The third kappa shape index (κ3) is 2.63. The van der Waals surface area contributed by atoms with Crippen LogP contribution in [0.1, 0.15) is 50.9 Å². The van der Waals surface area contributed by atoms with Crippen LogP contribution in [0, 0.1) is 23.2 Å². The summed E-state index contributed by atoms with van der Waals surface area (Å²) in [5, 5.41) is 18.2. The van der Waals surface area contributed by atoms with Gasteiger partial charge in [0.15, 0.2) is 5.82 Å². The van der Waals surface area contributed by atoms with E-state index in [2.05, 4.69) is 48.9 Å². The fourth-order valence-electron chi connectivity index (χ4n) is 3.02. The van der Waals surface area contributed by atoms with Gasteiger partial charge in [0.1, 0.15) is 11.6 Å². The van der Waals surface area contributed by atoms with Crippen molar-refractivity contribution in [2.24, 2.45) is 11.8 Å². The highest BCUT2D eigenvalue weighted by molar-refractivity contribution is 5.58. The molecule has 1 atom stereocenters. The molecule has 0 radical (unpaired) electrons. The first-order chi connectivity index (χ1) is 9.62. The number of hydrogen-bond acceptors (Lipinski definition) is 4. The maximum absolute atomic E-state index is 9.54. The third-order valence-corrected chi connectivity index (χ3v) is 4.41. The lowest BCUT2D eigenvalue weighted by molar-refractivity contribution is 0.422. The number of nitriles is 1. The highest BCUT2D eigenvalue weighted by Crippen LogP contribution is 2.30. The van der Waals surface area contributed by atoms with E-state index in [0.717, 1.165) is 48.6 Å². The Morgan fingerprint density at radius 3 is 2.55 bits per heavy atom. The molecule has 2 rings (SSSR count). The summed E-state index contributed by atoms with van der Waals surface area (Å²) in [4.78, 5) is 2.24. The van der Waals surface area contributed by atoms with Crippen molar-refractivity contribution < 1.29 is 0 Å². The second kappa shape index (κ2) is 6.21. The zero-order valence-corrected chi connectivity index (χ0v) is 13.0. The van der Waals surface area contributed by atoms with E-state index in [-0.39, 0.29) is 0 Å². The molecule has 1 saturated heterocycles. The molecule has 2 heterocycles. The lowest BCUT2D eigenvalue weighted by Gasteiger charge is -2.21. The Kier molecular flexibility index (Phi) is 4.59. The van der Waals surface area contributed by atoms with Crippen molar-refractivity contribution in [3.63, 3.8) is 0 Å². The molecule has 0 aliphatic carbocycles. The highest BCUT2D eigenvalue weighted by Gasteiger charge is 2.28. The fourth-order valence-corrected chi connectivity index (χ4v) is 3.02. The number of anilines is 1. The molecule has 0 N–H and O–H groups in total. The molecular weight excluding hydrogens is 248 g/mol. The van der Waals surface area contributed by atoms with Crippen LogP contribution >= 0.6 is 0 Å². The Morgan fingerprint density at radius 2 is 2.05 bits per heavy atom. The maximum atomic E-state index is 9.54. The Hall–Kier alpha value is -1.63. The van der Waals surface area contributed by atoms with Crippen molar-refractivity contribution in [2.75, 3.05) is 18.0 Å². The lowest BCUT2D eigenvalue weighted by Crippen LogP contribution is -2.24. The standard InChI is InChI=1S/C16H24N4/c1-5-13-14(9-17)16(19-18-15(13)6-2)20-8-7-12(10-20)11(3)4/h11-12H,5-8,10H2,1-4H3. The molecule has 1 aliphatic rings. The summed E-state index contributed by atoms with van der Waals surface area (Å²) in [6, 6.07) is 2.37. The van der Waals surface area contributed by atoms with Gasteiger partial charge in [0.2, 0.25) is 0 Å². The maximum Gasteiger partial charge on any atom is 0.169 e. The van der Waals surface area contributed by atoms with Crippen LogP contribution in [0.15, 0.2) is 0 Å². The molecule has 0 aromatic carbocycles. The number of nitrogens with zero attached hydrogens (tertiary/aromatic N) is 4. The molecule has 0 spiro atoms. The molecule has 1 aliphatic heterocycles. The van der Waals surface area contributed by atoms with Gasteiger partial charge in [0.25, 0.3) is 0 Å². The van der Waals surface area contributed by atoms with Crippen molar-refractivity contribution in [1.82, 2.24) is 10.2 Å². The largest absolute Gasteiger partial charge is 0.354 e. The molecule has 4 heteroatoms. The van der Waals surface area contributed by atoms with E-state index in [1.165, 1.54) is 6.42 Å². The summed E-state index contributed by atoms with van der Waals surface area (Å²) in [5.74, 6) is 2.17. The molecule has 20 heavy (non-hydrogen) atoms. The number of aryl methyl sites for hydroxylation is 1. The van der Waals surface area contributed by atoms with Gasteiger partial charge < -0.3 is 4.90 Å². The van der Waals surface area contributed by atoms with Crippen LogP contribution in [-0.4, -0.2) is 23.3 Å². The van der Waals surface area contributed by atoms with Crippen LogP contribution in [0.4, 0.5) is 5.82 Å². The van der Waals surface area contributed by atoms with Crippen LogP contribution in [0.25, 0.3) is 0 Å². The smallest absolute Gasteiger partial charge is 0.169 e. The first-order valence-corrected chi connectivity index (χ1v) is 7.65. The van der Waals surface area contributed by atoms with E-state index >= 15 is 0 Å². The quantitative estimate of drug-likeness (QED) is 0.845. The van der Waals surface area contributed by atoms with Crippen LogP contribution in [0.3, 0.4) is 0 Å². The van der Waals surface area contributed by atoms with Crippen molar-refractivity contribution in [3.8, 4) is 6.07 Å². The van der Waals surface area contributed by atoms with Gasteiger partial charge in [-0.1, -0.05) is 27.7 Å². The normalized spacial score (nSPS) is 18.6. The van der Waals surface area contributed by atoms with Gasteiger partial charge in [0.05, 0.1) is 5.69 Å². The lowest BCUT2D eigenvalue weighted by atomic mass is 9.95. The molecule has 0 bridgehead atoms. The number of aromatic nitrogens is 2. The average Bonchev–Trinajstić information content (AvgIpc) is 2.95. The van der Waals surface area contributed by atoms with Crippen molar-refractivity contribution in [3.05, 3.63) is 16.8 Å². The molecule has 108 valence electrons. The summed E-state index contributed by atoms with van der Waals surface area (Å²) in [6.07, 6.45) is 2.86. The minimum Gasteiger partial charge on any atom is -0.354 e. The molecule has 1 aromatic heterocycles. The third-order valence-electron chi connectivity index (χ3n) is 4.41. The van der Waals surface area contributed by atoms with Gasteiger partial charge >= 0.3 is 0 Å². The van der Waals surface area contributed by atoms with Crippen molar-refractivity contribution >= 4 is 5.82 Å². The second-order valence-electron chi connectivity index (χ2n) is 5.88.